The first-order valence-corrected chi connectivity index (χ1v) is 7.82. The van der Waals surface area contributed by atoms with Crippen LogP contribution in [0.1, 0.15) is 17.5 Å². The van der Waals surface area contributed by atoms with E-state index < -0.39 is 27.3 Å². The summed E-state index contributed by atoms with van der Waals surface area (Å²) in [5, 5.41) is 11.4. The van der Waals surface area contributed by atoms with Gasteiger partial charge < -0.3 is 5.32 Å². The SMILES string of the molecule is CS(=O)(=O)NCCCNc1ccc(C#N)c(C(F)(F)F)c1. The van der Waals surface area contributed by atoms with Gasteiger partial charge in [-0.1, -0.05) is 0 Å². The number of hydrogen-bond donors (Lipinski definition) is 2. The average molecular weight is 321 g/mol. The summed E-state index contributed by atoms with van der Waals surface area (Å²) in [5.74, 6) is 0. The van der Waals surface area contributed by atoms with Gasteiger partial charge in [0.15, 0.2) is 0 Å². The Labute approximate surface area is 120 Å². The molecular weight excluding hydrogens is 307 g/mol. The molecule has 1 rings (SSSR count). The van der Waals surface area contributed by atoms with Crippen molar-refractivity contribution in [3.05, 3.63) is 29.3 Å². The molecule has 0 radical (unpaired) electrons. The minimum absolute atomic E-state index is 0.189. The van der Waals surface area contributed by atoms with E-state index in [0.717, 1.165) is 18.4 Å². The molecular formula is C12H14F3N3O2S. The molecule has 0 aliphatic carbocycles. The maximum atomic E-state index is 12.7. The minimum Gasteiger partial charge on any atom is -0.385 e. The van der Waals surface area contributed by atoms with Crippen LogP contribution in [-0.4, -0.2) is 27.8 Å². The van der Waals surface area contributed by atoms with Crippen LogP contribution in [0, 0.1) is 11.3 Å². The number of hydrogen-bond acceptors (Lipinski definition) is 4. The van der Waals surface area contributed by atoms with Crippen LogP contribution in [0.15, 0.2) is 18.2 Å². The molecule has 5 nitrogen and oxygen atoms in total. The predicted molar refractivity (Wildman–Crippen MR) is 72.1 cm³/mol. The molecule has 0 unspecified atom stereocenters. The Kier molecular flexibility index (Phi) is 5.57. The van der Waals surface area contributed by atoms with E-state index >= 15 is 0 Å². The van der Waals surface area contributed by atoms with Gasteiger partial charge >= 0.3 is 6.18 Å². The first kappa shape index (κ1) is 17.3. The second-order valence-electron chi connectivity index (χ2n) is 4.32. The largest absolute Gasteiger partial charge is 0.417 e. The zero-order valence-corrected chi connectivity index (χ0v) is 12.0. The van der Waals surface area contributed by atoms with E-state index in [-0.39, 0.29) is 12.2 Å². The van der Waals surface area contributed by atoms with Crippen molar-refractivity contribution in [1.82, 2.24) is 4.72 Å². The van der Waals surface area contributed by atoms with Crippen molar-refractivity contribution in [2.24, 2.45) is 0 Å². The third-order valence-corrected chi connectivity index (χ3v) is 3.22. The Morgan fingerprint density at radius 2 is 1.95 bits per heavy atom. The van der Waals surface area contributed by atoms with Crippen LogP contribution in [0.5, 0.6) is 0 Å². The third-order valence-electron chi connectivity index (χ3n) is 2.49. The van der Waals surface area contributed by atoms with Crippen molar-refractivity contribution < 1.29 is 21.6 Å². The molecule has 0 bridgehead atoms. The Morgan fingerprint density at radius 1 is 1.29 bits per heavy atom. The molecule has 1 aromatic carbocycles. The molecule has 0 aliphatic rings. The van der Waals surface area contributed by atoms with Crippen LogP contribution in [0.2, 0.25) is 0 Å². The number of nitriles is 1. The summed E-state index contributed by atoms with van der Waals surface area (Å²) in [6.45, 7) is 0.486. The van der Waals surface area contributed by atoms with E-state index in [1.54, 1.807) is 0 Å². The van der Waals surface area contributed by atoms with Gasteiger partial charge in [0.2, 0.25) is 10.0 Å². The van der Waals surface area contributed by atoms with E-state index in [1.807, 2.05) is 0 Å². The molecule has 0 amide bonds. The zero-order valence-electron chi connectivity index (χ0n) is 11.2. The summed E-state index contributed by atoms with van der Waals surface area (Å²) < 4.78 is 62.1. The summed E-state index contributed by atoms with van der Waals surface area (Å²) in [6, 6.07) is 4.83. The van der Waals surface area contributed by atoms with Gasteiger partial charge in [0, 0.05) is 18.8 Å². The van der Waals surface area contributed by atoms with Crippen LogP contribution in [0.4, 0.5) is 18.9 Å². The van der Waals surface area contributed by atoms with Crippen LogP contribution in [0.3, 0.4) is 0 Å². The van der Waals surface area contributed by atoms with Crippen LogP contribution >= 0.6 is 0 Å². The molecule has 0 fully saturated rings. The smallest absolute Gasteiger partial charge is 0.385 e. The maximum Gasteiger partial charge on any atom is 0.417 e. The number of alkyl halides is 3. The Morgan fingerprint density at radius 3 is 2.48 bits per heavy atom. The number of nitrogens with zero attached hydrogens (tertiary/aromatic N) is 1. The first-order valence-electron chi connectivity index (χ1n) is 5.93. The highest BCUT2D eigenvalue weighted by molar-refractivity contribution is 7.88. The summed E-state index contributed by atoms with van der Waals surface area (Å²) in [6.07, 6.45) is -3.16. The molecule has 0 heterocycles. The van der Waals surface area contributed by atoms with Crippen LogP contribution < -0.4 is 10.0 Å². The van der Waals surface area contributed by atoms with Gasteiger partial charge in [-0.25, -0.2) is 13.1 Å². The van der Waals surface area contributed by atoms with Gasteiger partial charge in [0.25, 0.3) is 0 Å². The molecule has 9 heteroatoms. The molecule has 0 aliphatic heterocycles. The van der Waals surface area contributed by atoms with Gasteiger partial charge in [0.1, 0.15) is 0 Å². The van der Waals surface area contributed by atoms with E-state index in [0.29, 0.717) is 13.0 Å². The van der Waals surface area contributed by atoms with Crippen LogP contribution in [-0.2, 0) is 16.2 Å². The third kappa shape index (κ3) is 6.01. The van der Waals surface area contributed by atoms with Crippen molar-refractivity contribution in [2.45, 2.75) is 12.6 Å². The predicted octanol–water partition coefficient (Wildman–Crippen LogP) is 1.93. The van der Waals surface area contributed by atoms with Gasteiger partial charge in [-0.05, 0) is 24.6 Å². The standard InChI is InChI=1S/C12H14F3N3O2S/c1-21(19,20)18-6-2-5-17-10-4-3-9(8-16)11(7-10)12(13,14)15/h3-4,7,17-18H,2,5-6H2,1H3. The van der Waals surface area contributed by atoms with Crippen LogP contribution in [0.25, 0.3) is 0 Å². The molecule has 0 aromatic heterocycles. The normalized spacial score (nSPS) is 12.0. The molecule has 0 spiro atoms. The topological polar surface area (TPSA) is 82.0 Å². The second kappa shape index (κ2) is 6.78. The first-order chi connectivity index (χ1) is 9.63. The molecule has 116 valence electrons. The molecule has 21 heavy (non-hydrogen) atoms. The molecule has 0 atom stereocenters. The average Bonchev–Trinajstić information content (AvgIpc) is 2.35. The fourth-order valence-corrected chi connectivity index (χ4v) is 2.08. The quantitative estimate of drug-likeness (QED) is 0.784. The molecule has 0 saturated carbocycles. The highest BCUT2D eigenvalue weighted by atomic mass is 32.2. The van der Waals surface area contributed by atoms with E-state index in [2.05, 4.69) is 10.0 Å². The Hall–Kier alpha value is -1.79. The Balaban J connectivity index is 2.63. The Bertz CT molecular complexity index is 636. The number of nitrogens with one attached hydrogen (secondary N) is 2. The number of anilines is 1. The van der Waals surface area contributed by atoms with Crippen molar-refractivity contribution in [3.8, 4) is 6.07 Å². The highest BCUT2D eigenvalue weighted by Gasteiger charge is 2.33. The molecule has 1 aromatic rings. The molecule has 0 saturated heterocycles. The fourth-order valence-electron chi connectivity index (χ4n) is 1.56. The number of sulfonamides is 1. The van der Waals surface area contributed by atoms with Gasteiger partial charge in [-0.2, -0.15) is 18.4 Å². The lowest BCUT2D eigenvalue weighted by atomic mass is 10.1. The lowest BCUT2D eigenvalue weighted by molar-refractivity contribution is -0.137. The summed E-state index contributed by atoms with van der Waals surface area (Å²) in [5.41, 5.74) is -1.21. The van der Waals surface area contributed by atoms with E-state index in [9.17, 15) is 21.6 Å². The zero-order chi connectivity index (χ0) is 16.1. The second-order valence-corrected chi connectivity index (χ2v) is 6.15. The van der Waals surface area contributed by atoms with E-state index in [4.69, 9.17) is 5.26 Å². The van der Waals surface area contributed by atoms with E-state index in [1.165, 1.54) is 12.1 Å². The lowest BCUT2D eigenvalue weighted by Gasteiger charge is -2.12. The lowest BCUT2D eigenvalue weighted by Crippen LogP contribution is -2.24. The van der Waals surface area contributed by atoms with Crippen molar-refractivity contribution in [1.29, 1.82) is 5.26 Å². The summed E-state index contributed by atoms with van der Waals surface area (Å²) >= 11 is 0. The van der Waals surface area contributed by atoms with Crippen molar-refractivity contribution in [3.63, 3.8) is 0 Å². The molecule has 2 N–H and O–H groups in total. The monoisotopic (exact) mass is 321 g/mol. The van der Waals surface area contributed by atoms with Crippen molar-refractivity contribution >= 4 is 15.7 Å². The number of halogens is 3. The fraction of sp³-hybridized carbons (Fsp3) is 0.417. The summed E-state index contributed by atoms with van der Waals surface area (Å²) in [4.78, 5) is 0. The minimum atomic E-state index is -4.60. The number of benzene rings is 1. The highest BCUT2D eigenvalue weighted by Crippen LogP contribution is 2.33. The maximum absolute atomic E-state index is 12.7. The number of rotatable bonds is 6. The van der Waals surface area contributed by atoms with Gasteiger partial charge in [0.05, 0.1) is 23.5 Å². The van der Waals surface area contributed by atoms with Crippen molar-refractivity contribution in [2.75, 3.05) is 24.7 Å². The summed E-state index contributed by atoms with van der Waals surface area (Å²) in [7, 11) is -3.27. The van der Waals surface area contributed by atoms with Gasteiger partial charge in [-0.15, -0.1) is 0 Å². The van der Waals surface area contributed by atoms with Gasteiger partial charge in [-0.3, -0.25) is 0 Å².